The Labute approximate surface area is 155 Å². The molecule has 0 radical (unpaired) electrons. The Balaban J connectivity index is 1.95. The Kier molecular flexibility index (Phi) is 6.56. The van der Waals surface area contributed by atoms with Gasteiger partial charge in [0, 0.05) is 6.61 Å². The van der Waals surface area contributed by atoms with Crippen molar-refractivity contribution in [1.82, 2.24) is 10.2 Å². The summed E-state index contributed by atoms with van der Waals surface area (Å²) in [6, 6.07) is 9.70. The number of nitrogens with zero attached hydrogens (tertiary/aromatic N) is 1. The van der Waals surface area contributed by atoms with Gasteiger partial charge in [-0.05, 0) is 45.0 Å². The highest BCUT2D eigenvalue weighted by Gasteiger charge is 2.41. The smallest absolute Gasteiger partial charge is 0.416 e. The van der Waals surface area contributed by atoms with Crippen LogP contribution >= 0.6 is 12.2 Å². The van der Waals surface area contributed by atoms with Gasteiger partial charge in [0.25, 0.3) is 0 Å². The highest BCUT2D eigenvalue weighted by molar-refractivity contribution is 7.80. The molecule has 2 rings (SSSR count). The van der Waals surface area contributed by atoms with Gasteiger partial charge in [-0.25, -0.2) is 9.69 Å². The summed E-state index contributed by atoms with van der Waals surface area (Å²) in [6.45, 7) is 10.4. The van der Waals surface area contributed by atoms with Gasteiger partial charge in [0.1, 0.15) is 5.60 Å². The van der Waals surface area contributed by atoms with Crippen LogP contribution in [0.2, 0.25) is 0 Å². The first-order valence-corrected chi connectivity index (χ1v) is 8.79. The van der Waals surface area contributed by atoms with Gasteiger partial charge in [0.2, 0.25) is 0 Å². The van der Waals surface area contributed by atoms with Crippen LogP contribution in [0.4, 0.5) is 4.79 Å². The topological polar surface area (TPSA) is 50.8 Å². The zero-order valence-electron chi connectivity index (χ0n) is 15.0. The zero-order chi connectivity index (χ0) is 18.4. The maximum Gasteiger partial charge on any atom is 0.416 e. The third-order valence-electron chi connectivity index (χ3n) is 3.77. The summed E-state index contributed by atoms with van der Waals surface area (Å²) < 4.78 is 11.2. The van der Waals surface area contributed by atoms with Crippen molar-refractivity contribution in [2.45, 2.75) is 51.5 Å². The van der Waals surface area contributed by atoms with E-state index in [1.165, 1.54) is 4.90 Å². The van der Waals surface area contributed by atoms with Crippen LogP contribution in [0.15, 0.2) is 43.0 Å². The van der Waals surface area contributed by atoms with Gasteiger partial charge in [-0.15, -0.1) is 6.58 Å². The SMILES string of the molecule is C=C[C@H]1NC(=S)N(C(=O)OC(C)(C)C)[C@@H]1CCOCc1ccccc1. The molecule has 1 fully saturated rings. The number of rotatable bonds is 6. The van der Waals surface area contributed by atoms with E-state index in [0.717, 1.165) is 5.56 Å². The van der Waals surface area contributed by atoms with Crippen molar-refractivity contribution >= 4 is 23.4 Å². The summed E-state index contributed by atoms with van der Waals surface area (Å²) in [4.78, 5) is 14.0. The van der Waals surface area contributed by atoms with E-state index in [1.54, 1.807) is 6.08 Å². The van der Waals surface area contributed by atoms with E-state index in [1.807, 2.05) is 51.1 Å². The third kappa shape index (κ3) is 5.54. The number of hydrogen-bond donors (Lipinski definition) is 1. The third-order valence-corrected chi connectivity index (χ3v) is 4.08. The molecular weight excluding hydrogens is 336 g/mol. The molecule has 0 saturated carbocycles. The molecule has 136 valence electrons. The van der Waals surface area contributed by atoms with Crippen LogP contribution in [0.5, 0.6) is 0 Å². The zero-order valence-corrected chi connectivity index (χ0v) is 15.8. The molecular formula is C19H26N2O3S. The molecule has 0 aliphatic carbocycles. The molecule has 5 nitrogen and oxygen atoms in total. The quantitative estimate of drug-likeness (QED) is 0.476. The number of hydrogen-bond acceptors (Lipinski definition) is 4. The number of thiocarbonyl (C=S) groups is 1. The molecule has 1 heterocycles. The van der Waals surface area contributed by atoms with E-state index in [-0.39, 0.29) is 12.1 Å². The minimum Gasteiger partial charge on any atom is -0.443 e. The van der Waals surface area contributed by atoms with Crippen LogP contribution in [-0.2, 0) is 16.1 Å². The fraction of sp³-hybridized carbons (Fsp3) is 0.474. The first-order valence-electron chi connectivity index (χ1n) is 8.39. The lowest BCUT2D eigenvalue weighted by atomic mass is 10.1. The molecule has 0 aromatic heterocycles. The van der Waals surface area contributed by atoms with E-state index in [4.69, 9.17) is 21.7 Å². The van der Waals surface area contributed by atoms with Crippen molar-refractivity contribution in [3.05, 3.63) is 48.6 Å². The van der Waals surface area contributed by atoms with Crippen LogP contribution in [0.3, 0.4) is 0 Å². The Bertz CT molecular complexity index is 613. The lowest BCUT2D eigenvalue weighted by Crippen LogP contribution is -2.44. The Morgan fingerprint density at radius 1 is 1.36 bits per heavy atom. The number of ether oxygens (including phenoxy) is 2. The second kappa shape index (κ2) is 8.45. The van der Waals surface area contributed by atoms with E-state index in [2.05, 4.69) is 11.9 Å². The molecule has 1 N–H and O–H groups in total. The Hall–Kier alpha value is -1.92. The van der Waals surface area contributed by atoms with Crippen LogP contribution in [0.1, 0.15) is 32.8 Å². The van der Waals surface area contributed by atoms with E-state index >= 15 is 0 Å². The largest absolute Gasteiger partial charge is 0.443 e. The number of benzene rings is 1. The molecule has 1 aliphatic heterocycles. The van der Waals surface area contributed by atoms with Gasteiger partial charge in [0.15, 0.2) is 5.11 Å². The van der Waals surface area contributed by atoms with Gasteiger partial charge >= 0.3 is 6.09 Å². The molecule has 2 atom stereocenters. The molecule has 0 bridgehead atoms. The second-order valence-corrected chi connectivity index (χ2v) is 7.34. The summed E-state index contributed by atoms with van der Waals surface area (Å²) in [7, 11) is 0. The standard InChI is InChI=1S/C19H26N2O3S/c1-5-15-16(11-12-23-13-14-9-7-6-8-10-14)21(17(25)20-15)18(22)24-19(2,3)4/h5-10,15-16H,1,11-13H2,2-4H3,(H,20,25)/t15-,16-/m1/s1. The van der Waals surface area contributed by atoms with Crippen molar-refractivity contribution < 1.29 is 14.3 Å². The van der Waals surface area contributed by atoms with Gasteiger partial charge in [-0.3, -0.25) is 0 Å². The molecule has 1 aromatic carbocycles. The number of carbonyl (C=O) groups excluding carboxylic acids is 1. The summed E-state index contributed by atoms with van der Waals surface area (Å²) in [5, 5.41) is 3.48. The molecule has 6 heteroatoms. The molecule has 1 aliphatic rings. The minimum absolute atomic E-state index is 0.111. The Morgan fingerprint density at radius 2 is 2.04 bits per heavy atom. The lowest BCUT2D eigenvalue weighted by molar-refractivity contribution is 0.0295. The summed E-state index contributed by atoms with van der Waals surface area (Å²) >= 11 is 5.31. The van der Waals surface area contributed by atoms with Crippen molar-refractivity contribution in [3.63, 3.8) is 0 Å². The van der Waals surface area contributed by atoms with Crippen LogP contribution in [0.25, 0.3) is 0 Å². The maximum atomic E-state index is 12.5. The summed E-state index contributed by atoms with van der Waals surface area (Å²) in [6.07, 6.45) is 1.96. The van der Waals surface area contributed by atoms with Crippen molar-refractivity contribution in [3.8, 4) is 0 Å². The van der Waals surface area contributed by atoms with Crippen molar-refractivity contribution in [2.24, 2.45) is 0 Å². The van der Waals surface area contributed by atoms with Gasteiger partial charge in [-0.2, -0.15) is 0 Å². The lowest BCUT2D eigenvalue weighted by Gasteiger charge is -2.28. The molecule has 1 aromatic rings. The maximum absolute atomic E-state index is 12.5. The number of nitrogens with one attached hydrogen (secondary N) is 1. The normalized spacial score (nSPS) is 20.3. The van der Waals surface area contributed by atoms with Crippen molar-refractivity contribution in [2.75, 3.05) is 6.61 Å². The van der Waals surface area contributed by atoms with Crippen LogP contribution in [-0.4, -0.2) is 40.4 Å². The molecule has 1 amide bonds. The minimum atomic E-state index is -0.576. The van der Waals surface area contributed by atoms with Gasteiger partial charge in [0.05, 0.1) is 18.7 Å². The fourth-order valence-corrected chi connectivity index (χ4v) is 2.99. The molecule has 25 heavy (non-hydrogen) atoms. The molecule has 0 unspecified atom stereocenters. The van der Waals surface area contributed by atoms with Crippen molar-refractivity contribution in [1.29, 1.82) is 0 Å². The highest BCUT2D eigenvalue weighted by atomic mass is 32.1. The number of amides is 1. The highest BCUT2D eigenvalue weighted by Crippen LogP contribution is 2.22. The van der Waals surface area contributed by atoms with E-state index in [9.17, 15) is 4.79 Å². The van der Waals surface area contributed by atoms with Gasteiger partial charge < -0.3 is 14.8 Å². The molecule has 1 saturated heterocycles. The Morgan fingerprint density at radius 3 is 2.64 bits per heavy atom. The average molecular weight is 362 g/mol. The summed E-state index contributed by atoms with van der Waals surface area (Å²) in [5.74, 6) is 0. The van der Waals surface area contributed by atoms with Crippen LogP contribution < -0.4 is 5.32 Å². The first kappa shape index (κ1) is 19.4. The first-order chi connectivity index (χ1) is 11.8. The fourth-order valence-electron chi connectivity index (χ4n) is 2.64. The second-order valence-electron chi connectivity index (χ2n) is 6.96. The van der Waals surface area contributed by atoms with Crippen LogP contribution in [0, 0.1) is 0 Å². The monoisotopic (exact) mass is 362 g/mol. The van der Waals surface area contributed by atoms with E-state index in [0.29, 0.717) is 24.7 Å². The molecule has 0 spiro atoms. The van der Waals surface area contributed by atoms with Gasteiger partial charge in [-0.1, -0.05) is 36.4 Å². The predicted molar refractivity (Wildman–Crippen MR) is 102 cm³/mol. The average Bonchev–Trinajstić information content (AvgIpc) is 2.86. The van der Waals surface area contributed by atoms with E-state index < -0.39 is 11.7 Å². The number of carbonyl (C=O) groups is 1. The predicted octanol–water partition coefficient (Wildman–Crippen LogP) is 3.64. The summed E-state index contributed by atoms with van der Waals surface area (Å²) in [5.41, 5.74) is 0.541.